The molecule has 3 aromatic rings. The first-order valence-corrected chi connectivity index (χ1v) is 9.24. The Morgan fingerprint density at radius 1 is 0.778 bits per heavy atom. The van der Waals surface area contributed by atoms with Crippen LogP contribution in [0.4, 0.5) is 0 Å². The van der Waals surface area contributed by atoms with Gasteiger partial charge in [0.1, 0.15) is 0 Å². The Labute approximate surface area is 161 Å². The van der Waals surface area contributed by atoms with E-state index in [2.05, 4.69) is 60.7 Å². The van der Waals surface area contributed by atoms with Crippen molar-refractivity contribution in [1.82, 2.24) is 10.2 Å². The Kier molecular flexibility index (Phi) is 6.39. The van der Waals surface area contributed by atoms with E-state index >= 15 is 0 Å². The highest BCUT2D eigenvalue weighted by atomic mass is 16.1. The van der Waals surface area contributed by atoms with Crippen LogP contribution in [0.5, 0.6) is 0 Å². The van der Waals surface area contributed by atoms with Crippen molar-refractivity contribution in [1.29, 1.82) is 0 Å². The molecule has 27 heavy (non-hydrogen) atoms. The maximum Gasteiger partial charge on any atom is 0.251 e. The van der Waals surface area contributed by atoms with Gasteiger partial charge in [-0.1, -0.05) is 72.8 Å². The lowest BCUT2D eigenvalue weighted by atomic mass is 9.99. The van der Waals surface area contributed by atoms with Crippen LogP contribution in [0.25, 0.3) is 0 Å². The molecule has 0 spiro atoms. The van der Waals surface area contributed by atoms with Crippen LogP contribution in [0.15, 0.2) is 78.9 Å². The maximum absolute atomic E-state index is 12.7. The molecule has 1 amide bonds. The molecule has 0 aliphatic heterocycles. The van der Waals surface area contributed by atoms with Gasteiger partial charge in [0.15, 0.2) is 0 Å². The minimum absolute atomic E-state index is 0.0288. The van der Waals surface area contributed by atoms with E-state index in [0.717, 1.165) is 29.7 Å². The van der Waals surface area contributed by atoms with E-state index < -0.39 is 0 Å². The van der Waals surface area contributed by atoms with E-state index in [1.54, 1.807) is 0 Å². The van der Waals surface area contributed by atoms with E-state index in [9.17, 15) is 4.79 Å². The molecular formula is C24H26N2O. The smallest absolute Gasteiger partial charge is 0.251 e. The quantitative estimate of drug-likeness (QED) is 0.684. The van der Waals surface area contributed by atoms with E-state index in [4.69, 9.17) is 0 Å². The largest absolute Gasteiger partial charge is 0.348 e. The van der Waals surface area contributed by atoms with Gasteiger partial charge in [-0.05, 0) is 48.8 Å². The van der Waals surface area contributed by atoms with E-state index in [1.807, 2.05) is 42.5 Å². The topological polar surface area (TPSA) is 32.3 Å². The van der Waals surface area contributed by atoms with Crippen LogP contribution in [0.2, 0.25) is 0 Å². The molecule has 3 aromatic carbocycles. The molecule has 0 aliphatic rings. The van der Waals surface area contributed by atoms with Crippen molar-refractivity contribution in [2.45, 2.75) is 19.5 Å². The number of hydrogen-bond acceptors (Lipinski definition) is 2. The molecule has 0 fully saturated rings. The fraction of sp³-hybridized carbons (Fsp3) is 0.208. The molecule has 0 atom stereocenters. The lowest BCUT2D eigenvalue weighted by Crippen LogP contribution is -2.24. The second-order valence-corrected chi connectivity index (χ2v) is 7.06. The zero-order valence-corrected chi connectivity index (χ0v) is 16.0. The first kappa shape index (κ1) is 18.9. The van der Waals surface area contributed by atoms with Crippen LogP contribution in [0.3, 0.4) is 0 Å². The van der Waals surface area contributed by atoms with Gasteiger partial charge < -0.3 is 10.2 Å². The third-order valence-electron chi connectivity index (χ3n) is 4.47. The summed E-state index contributed by atoms with van der Waals surface area (Å²) in [4.78, 5) is 14.9. The predicted molar refractivity (Wildman–Crippen MR) is 111 cm³/mol. The van der Waals surface area contributed by atoms with E-state index in [1.165, 1.54) is 11.1 Å². The lowest BCUT2D eigenvalue weighted by Gasteiger charge is -2.12. The van der Waals surface area contributed by atoms with Crippen molar-refractivity contribution in [2.24, 2.45) is 0 Å². The molecule has 0 aliphatic carbocycles. The summed E-state index contributed by atoms with van der Waals surface area (Å²) in [7, 11) is 4.11. The Hall–Kier alpha value is -2.91. The highest BCUT2D eigenvalue weighted by molar-refractivity contribution is 5.95. The number of nitrogens with one attached hydrogen (secondary N) is 1. The van der Waals surface area contributed by atoms with Crippen LogP contribution in [-0.4, -0.2) is 24.9 Å². The van der Waals surface area contributed by atoms with Crippen molar-refractivity contribution in [2.75, 3.05) is 14.1 Å². The third-order valence-corrected chi connectivity index (χ3v) is 4.47. The monoisotopic (exact) mass is 358 g/mol. The van der Waals surface area contributed by atoms with Gasteiger partial charge in [0.2, 0.25) is 0 Å². The van der Waals surface area contributed by atoms with Crippen molar-refractivity contribution in [3.05, 3.63) is 107 Å². The molecule has 0 heterocycles. The molecule has 138 valence electrons. The number of rotatable bonds is 7. The van der Waals surface area contributed by atoms with Crippen LogP contribution >= 0.6 is 0 Å². The van der Waals surface area contributed by atoms with Gasteiger partial charge in [-0.25, -0.2) is 0 Å². The van der Waals surface area contributed by atoms with Gasteiger partial charge in [-0.2, -0.15) is 0 Å². The summed E-state index contributed by atoms with van der Waals surface area (Å²) in [5.74, 6) is -0.0288. The Morgan fingerprint density at radius 2 is 1.41 bits per heavy atom. The molecule has 3 heteroatoms. The Balaban J connectivity index is 1.64. The second kappa shape index (κ2) is 9.15. The van der Waals surface area contributed by atoms with Crippen LogP contribution < -0.4 is 5.32 Å². The Bertz CT molecular complexity index is 870. The molecule has 0 saturated carbocycles. The molecule has 0 unspecified atom stereocenters. The van der Waals surface area contributed by atoms with Crippen LogP contribution in [0, 0.1) is 0 Å². The zero-order chi connectivity index (χ0) is 19.1. The van der Waals surface area contributed by atoms with Gasteiger partial charge in [0.25, 0.3) is 5.91 Å². The van der Waals surface area contributed by atoms with Gasteiger partial charge in [0, 0.05) is 18.7 Å². The zero-order valence-electron chi connectivity index (χ0n) is 16.0. The van der Waals surface area contributed by atoms with Crippen LogP contribution in [0.1, 0.15) is 32.6 Å². The van der Waals surface area contributed by atoms with Crippen molar-refractivity contribution >= 4 is 5.91 Å². The van der Waals surface area contributed by atoms with Gasteiger partial charge in [-0.15, -0.1) is 0 Å². The standard InChI is InChI=1S/C24H26N2O/c1-26(2)18-21-14-12-20(13-15-21)17-25-24(27)23-11-7-6-10-22(23)16-19-8-4-3-5-9-19/h3-15H,16-18H2,1-2H3,(H,25,27). The van der Waals surface area contributed by atoms with E-state index in [0.29, 0.717) is 6.54 Å². The lowest BCUT2D eigenvalue weighted by molar-refractivity contribution is 0.0950. The molecular weight excluding hydrogens is 332 g/mol. The van der Waals surface area contributed by atoms with Gasteiger partial charge >= 0.3 is 0 Å². The fourth-order valence-electron chi connectivity index (χ4n) is 3.12. The van der Waals surface area contributed by atoms with Crippen LogP contribution in [-0.2, 0) is 19.5 Å². The van der Waals surface area contributed by atoms with Gasteiger partial charge in [-0.3, -0.25) is 4.79 Å². The number of hydrogen-bond donors (Lipinski definition) is 1. The average molecular weight is 358 g/mol. The third kappa shape index (κ3) is 5.53. The second-order valence-electron chi connectivity index (χ2n) is 7.06. The summed E-state index contributed by atoms with van der Waals surface area (Å²) in [6, 6.07) is 26.4. The van der Waals surface area contributed by atoms with Crippen molar-refractivity contribution in [3.8, 4) is 0 Å². The fourth-order valence-corrected chi connectivity index (χ4v) is 3.12. The van der Waals surface area contributed by atoms with E-state index in [-0.39, 0.29) is 5.91 Å². The predicted octanol–water partition coefficient (Wildman–Crippen LogP) is 4.27. The summed E-state index contributed by atoms with van der Waals surface area (Å²) in [5.41, 5.74) is 5.36. The molecule has 0 bridgehead atoms. The SMILES string of the molecule is CN(C)Cc1ccc(CNC(=O)c2ccccc2Cc2ccccc2)cc1. The minimum Gasteiger partial charge on any atom is -0.348 e. The number of amides is 1. The van der Waals surface area contributed by atoms with Gasteiger partial charge in [0.05, 0.1) is 0 Å². The number of carbonyl (C=O) groups excluding carboxylic acids is 1. The Morgan fingerprint density at radius 3 is 2.11 bits per heavy atom. The number of benzene rings is 3. The minimum atomic E-state index is -0.0288. The molecule has 0 radical (unpaired) electrons. The molecule has 3 nitrogen and oxygen atoms in total. The number of nitrogens with zero attached hydrogens (tertiary/aromatic N) is 1. The summed E-state index contributed by atoms with van der Waals surface area (Å²) >= 11 is 0. The normalized spacial score (nSPS) is 10.8. The summed E-state index contributed by atoms with van der Waals surface area (Å²) in [6.45, 7) is 1.44. The molecule has 3 rings (SSSR count). The first-order chi connectivity index (χ1) is 13.1. The molecule has 0 saturated heterocycles. The van der Waals surface area contributed by atoms with Crippen molar-refractivity contribution in [3.63, 3.8) is 0 Å². The number of carbonyl (C=O) groups is 1. The van der Waals surface area contributed by atoms with Crippen molar-refractivity contribution < 1.29 is 4.79 Å². The molecule has 1 N–H and O–H groups in total. The summed E-state index contributed by atoms with van der Waals surface area (Å²) in [6.07, 6.45) is 0.754. The summed E-state index contributed by atoms with van der Waals surface area (Å²) in [5, 5.41) is 3.05. The molecule has 0 aromatic heterocycles. The highest BCUT2D eigenvalue weighted by Crippen LogP contribution is 2.15. The maximum atomic E-state index is 12.7. The average Bonchev–Trinajstić information content (AvgIpc) is 2.68. The summed E-state index contributed by atoms with van der Waals surface area (Å²) < 4.78 is 0. The highest BCUT2D eigenvalue weighted by Gasteiger charge is 2.11. The first-order valence-electron chi connectivity index (χ1n) is 9.24.